The Morgan fingerprint density at radius 3 is 2.89 bits per heavy atom. The molecule has 0 aliphatic carbocycles. The van der Waals surface area contributed by atoms with Gasteiger partial charge in [0.2, 0.25) is 0 Å². The van der Waals surface area contributed by atoms with Crippen LogP contribution in [0.3, 0.4) is 0 Å². The van der Waals surface area contributed by atoms with Gasteiger partial charge in [0.1, 0.15) is 11.4 Å². The Morgan fingerprint density at radius 1 is 1.41 bits per heavy atom. The Balaban J connectivity index is 1.89. The van der Waals surface area contributed by atoms with E-state index in [1.54, 1.807) is 25.4 Å². The number of rotatable bonds is 6. The lowest BCUT2D eigenvalue weighted by atomic mass is 10.1. The molecule has 1 aliphatic rings. The maximum atomic E-state index is 11.9. The van der Waals surface area contributed by atoms with Gasteiger partial charge in [-0.1, -0.05) is 24.1 Å². The van der Waals surface area contributed by atoms with Gasteiger partial charge in [-0.15, -0.1) is 11.3 Å². The average molecular weight is 495 g/mol. The number of hydrogen-bond acceptors (Lipinski definition) is 5. The van der Waals surface area contributed by atoms with E-state index in [-0.39, 0.29) is 6.42 Å². The number of hydrogen-bond donors (Lipinski definition) is 1. The molecule has 2 heterocycles. The van der Waals surface area contributed by atoms with Crippen molar-refractivity contribution in [2.24, 2.45) is 0 Å². The third kappa shape index (κ3) is 4.29. The smallest absolute Gasteiger partial charge is 0.333 e. The van der Waals surface area contributed by atoms with E-state index >= 15 is 0 Å². The van der Waals surface area contributed by atoms with Crippen molar-refractivity contribution in [1.82, 2.24) is 3.11 Å². The number of allylic oxidation sites excluding steroid dienone is 1. The number of halogens is 1. The maximum absolute atomic E-state index is 11.9. The number of ether oxygens (including phenoxy) is 2. The topological polar surface area (TPSA) is 59.0 Å². The Kier molecular flexibility index (Phi) is 6.42. The number of para-hydroxylation sites is 1. The zero-order valence-electron chi connectivity index (χ0n) is 14.8. The number of nitrogens with zero attached hydrogens (tertiary/aromatic N) is 1. The molecule has 1 aromatic heterocycles. The standard InChI is InChI=1S/C20H18INO4S/c1-3-6-14-12-18-15(9-10-27-18)19(22(14)21)26-17(20(23)24)11-13-7-4-5-8-16(13)25-2/h4-5,7-10,12,17,19H,11H2,1-2H3,(H,23,24)/t17-,19?/m1/s1. The number of fused-ring (bicyclic) bond motifs is 1. The van der Waals surface area contributed by atoms with Crippen molar-refractivity contribution in [3.8, 4) is 17.6 Å². The minimum absolute atomic E-state index is 0.207. The van der Waals surface area contributed by atoms with Crippen LogP contribution in [0.4, 0.5) is 0 Å². The highest BCUT2D eigenvalue weighted by Crippen LogP contribution is 2.41. The molecule has 27 heavy (non-hydrogen) atoms. The van der Waals surface area contributed by atoms with Crippen LogP contribution in [0.25, 0.3) is 6.08 Å². The summed E-state index contributed by atoms with van der Waals surface area (Å²) >= 11 is 3.71. The van der Waals surface area contributed by atoms with Crippen molar-refractivity contribution in [2.75, 3.05) is 7.11 Å². The number of methoxy groups -OCH3 is 1. The van der Waals surface area contributed by atoms with Gasteiger partial charge in [-0.2, -0.15) is 0 Å². The lowest BCUT2D eigenvalue weighted by molar-refractivity contribution is -0.158. The molecular weight excluding hydrogens is 477 g/mol. The number of carboxylic acids is 1. The summed E-state index contributed by atoms with van der Waals surface area (Å²) in [5.74, 6) is 5.58. The Hall–Kier alpha value is -2.02. The second-order valence-corrected chi connectivity index (χ2v) is 7.77. The fourth-order valence-electron chi connectivity index (χ4n) is 2.85. The largest absolute Gasteiger partial charge is 0.496 e. The predicted octanol–water partition coefficient (Wildman–Crippen LogP) is 4.50. The second kappa shape index (κ2) is 8.78. The summed E-state index contributed by atoms with van der Waals surface area (Å²) in [5.41, 5.74) is 2.53. The number of carboxylic acid groups (broad SMARTS) is 1. The van der Waals surface area contributed by atoms with Crippen molar-refractivity contribution in [2.45, 2.75) is 25.7 Å². The van der Waals surface area contributed by atoms with Gasteiger partial charge in [0, 0.05) is 16.9 Å². The number of benzene rings is 1. The molecule has 140 valence electrons. The summed E-state index contributed by atoms with van der Waals surface area (Å²) in [4.78, 5) is 12.9. The van der Waals surface area contributed by atoms with Gasteiger partial charge < -0.3 is 14.6 Å². The molecule has 0 radical (unpaired) electrons. The fraction of sp³-hybridized carbons (Fsp3) is 0.250. The fourth-order valence-corrected chi connectivity index (χ4v) is 4.39. The van der Waals surface area contributed by atoms with E-state index in [1.165, 1.54) is 0 Å². The van der Waals surface area contributed by atoms with Crippen molar-refractivity contribution in [3.63, 3.8) is 0 Å². The molecule has 0 saturated heterocycles. The summed E-state index contributed by atoms with van der Waals surface area (Å²) in [6.07, 6.45) is 0.658. The van der Waals surface area contributed by atoms with Crippen LogP contribution in [0.5, 0.6) is 5.75 Å². The molecule has 1 aromatic carbocycles. The summed E-state index contributed by atoms with van der Waals surface area (Å²) in [5, 5.41) is 11.7. The van der Waals surface area contributed by atoms with Crippen LogP contribution in [-0.4, -0.2) is 27.4 Å². The van der Waals surface area contributed by atoms with Crippen LogP contribution in [0.15, 0.2) is 41.4 Å². The van der Waals surface area contributed by atoms with Crippen LogP contribution in [0.2, 0.25) is 0 Å². The molecule has 0 bridgehead atoms. The van der Waals surface area contributed by atoms with Gasteiger partial charge in [0.25, 0.3) is 0 Å². The quantitative estimate of drug-likeness (QED) is 0.364. The van der Waals surface area contributed by atoms with Crippen LogP contribution < -0.4 is 4.74 Å². The van der Waals surface area contributed by atoms with Crippen LogP contribution in [0, 0.1) is 11.8 Å². The summed E-state index contributed by atoms with van der Waals surface area (Å²) in [6.45, 7) is 1.77. The zero-order valence-corrected chi connectivity index (χ0v) is 17.8. The first-order chi connectivity index (χ1) is 13.0. The van der Waals surface area contributed by atoms with Crippen molar-refractivity contribution in [3.05, 3.63) is 57.4 Å². The van der Waals surface area contributed by atoms with E-state index in [1.807, 2.05) is 44.9 Å². The average Bonchev–Trinajstić information content (AvgIpc) is 3.12. The molecule has 1 unspecified atom stereocenters. The SMILES string of the molecule is CC#CC1=Cc2sccc2C(O[C@H](Cc2ccccc2OC)C(=O)O)N1I. The molecular formula is C20H18INO4S. The van der Waals surface area contributed by atoms with E-state index in [9.17, 15) is 9.90 Å². The van der Waals surface area contributed by atoms with Gasteiger partial charge >= 0.3 is 5.97 Å². The van der Waals surface area contributed by atoms with E-state index in [0.717, 1.165) is 21.7 Å². The Bertz CT molecular complexity index is 927. The molecule has 0 amide bonds. The number of aliphatic carboxylic acids is 1. The van der Waals surface area contributed by atoms with Gasteiger partial charge in [-0.3, -0.25) is 3.11 Å². The minimum Gasteiger partial charge on any atom is -0.496 e. The minimum atomic E-state index is -1.02. The molecule has 0 saturated carbocycles. The molecule has 1 aliphatic heterocycles. The lowest BCUT2D eigenvalue weighted by Crippen LogP contribution is -2.33. The normalized spacial score (nSPS) is 16.6. The third-order valence-corrected chi connectivity index (χ3v) is 6.02. The molecule has 2 atom stereocenters. The van der Waals surface area contributed by atoms with E-state index in [4.69, 9.17) is 9.47 Å². The molecule has 3 rings (SSSR count). The second-order valence-electron chi connectivity index (χ2n) is 5.79. The molecule has 5 nitrogen and oxygen atoms in total. The van der Waals surface area contributed by atoms with Crippen molar-refractivity contribution >= 4 is 46.2 Å². The Morgan fingerprint density at radius 2 is 2.19 bits per heavy atom. The van der Waals surface area contributed by atoms with Gasteiger partial charge in [0.15, 0.2) is 12.3 Å². The van der Waals surface area contributed by atoms with Crippen LogP contribution in [-0.2, 0) is 16.0 Å². The van der Waals surface area contributed by atoms with E-state index in [2.05, 4.69) is 34.7 Å². The summed E-state index contributed by atoms with van der Waals surface area (Å²) in [7, 11) is 1.57. The summed E-state index contributed by atoms with van der Waals surface area (Å²) < 4.78 is 13.3. The molecule has 2 aromatic rings. The molecule has 1 N–H and O–H groups in total. The lowest BCUT2D eigenvalue weighted by Gasteiger charge is -2.33. The van der Waals surface area contributed by atoms with E-state index < -0.39 is 18.3 Å². The molecule has 7 heteroatoms. The molecule has 0 fully saturated rings. The van der Waals surface area contributed by atoms with Crippen LogP contribution >= 0.6 is 34.2 Å². The first kappa shape index (κ1) is 19.7. The molecule has 0 spiro atoms. The first-order valence-electron chi connectivity index (χ1n) is 8.22. The zero-order chi connectivity index (χ0) is 19.4. The number of thiophene rings is 1. The Labute approximate surface area is 176 Å². The van der Waals surface area contributed by atoms with Gasteiger partial charge in [0.05, 0.1) is 30.0 Å². The van der Waals surface area contributed by atoms with Gasteiger partial charge in [-0.25, -0.2) is 4.79 Å². The first-order valence-corrected chi connectivity index (χ1v) is 10.1. The van der Waals surface area contributed by atoms with Crippen molar-refractivity contribution < 1.29 is 19.4 Å². The van der Waals surface area contributed by atoms with E-state index in [0.29, 0.717) is 5.75 Å². The van der Waals surface area contributed by atoms with Crippen molar-refractivity contribution in [1.29, 1.82) is 0 Å². The highest BCUT2D eigenvalue weighted by atomic mass is 127. The predicted molar refractivity (Wildman–Crippen MR) is 114 cm³/mol. The summed E-state index contributed by atoms with van der Waals surface area (Å²) in [6, 6.07) is 9.34. The highest BCUT2D eigenvalue weighted by Gasteiger charge is 2.33. The maximum Gasteiger partial charge on any atom is 0.333 e. The van der Waals surface area contributed by atoms with Gasteiger partial charge in [-0.05, 0) is 42.0 Å². The highest BCUT2D eigenvalue weighted by molar-refractivity contribution is 14.1. The third-order valence-electron chi connectivity index (χ3n) is 4.12. The van der Waals surface area contributed by atoms with Crippen LogP contribution in [0.1, 0.15) is 29.2 Å². The number of carbonyl (C=O) groups is 1. The monoisotopic (exact) mass is 495 g/mol.